The number of fused-ring (bicyclic) bond motifs is 1. The Kier molecular flexibility index (Phi) is 6.60. The van der Waals surface area contributed by atoms with E-state index in [0.717, 1.165) is 37.0 Å². The van der Waals surface area contributed by atoms with E-state index in [0.29, 0.717) is 19.6 Å². The van der Waals surface area contributed by atoms with Crippen LogP contribution >= 0.6 is 0 Å². The predicted molar refractivity (Wildman–Crippen MR) is 109 cm³/mol. The molecule has 5 nitrogen and oxygen atoms in total. The SMILES string of the molecule is CCCNC(=O)CN1CCN(C(=O)/C=C/c2cccc3ccccc23)CC1. The van der Waals surface area contributed by atoms with Crippen molar-refractivity contribution in [3.8, 4) is 0 Å². The summed E-state index contributed by atoms with van der Waals surface area (Å²) >= 11 is 0. The number of hydrogen-bond acceptors (Lipinski definition) is 3. The lowest BCUT2D eigenvalue weighted by Gasteiger charge is -2.33. The van der Waals surface area contributed by atoms with Crippen LogP contribution in [0.2, 0.25) is 0 Å². The van der Waals surface area contributed by atoms with Crippen LogP contribution in [0.25, 0.3) is 16.8 Å². The quantitative estimate of drug-likeness (QED) is 0.801. The number of amides is 2. The second-order valence-corrected chi connectivity index (χ2v) is 6.85. The van der Waals surface area contributed by atoms with Gasteiger partial charge in [-0.3, -0.25) is 14.5 Å². The topological polar surface area (TPSA) is 52.7 Å². The first-order chi connectivity index (χ1) is 13.2. The fourth-order valence-electron chi connectivity index (χ4n) is 3.31. The zero-order valence-electron chi connectivity index (χ0n) is 15.9. The summed E-state index contributed by atoms with van der Waals surface area (Å²) in [6.07, 6.45) is 4.50. The van der Waals surface area contributed by atoms with Gasteiger partial charge in [0.05, 0.1) is 6.54 Å². The Morgan fingerprint density at radius 1 is 1.04 bits per heavy atom. The number of piperazine rings is 1. The lowest BCUT2D eigenvalue weighted by Crippen LogP contribution is -2.50. The van der Waals surface area contributed by atoms with E-state index in [4.69, 9.17) is 0 Å². The Morgan fingerprint density at radius 2 is 1.78 bits per heavy atom. The molecule has 2 aromatic rings. The maximum atomic E-state index is 12.5. The molecular formula is C22H27N3O2. The summed E-state index contributed by atoms with van der Waals surface area (Å²) in [5.74, 6) is 0.0884. The molecule has 2 amide bonds. The Balaban J connectivity index is 1.53. The minimum atomic E-state index is 0.0259. The van der Waals surface area contributed by atoms with Crippen molar-refractivity contribution in [2.45, 2.75) is 13.3 Å². The van der Waals surface area contributed by atoms with Gasteiger partial charge in [-0.25, -0.2) is 0 Å². The van der Waals surface area contributed by atoms with Gasteiger partial charge < -0.3 is 10.2 Å². The molecule has 142 valence electrons. The molecule has 1 N–H and O–H groups in total. The standard InChI is InChI=1S/C22H27N3O2/c1-2-12-23-21(26)17-24-13-15-25(16-14-24)22(27)11-10-19-8-5-7-18-6-3-4-9-20(18)19/h3-11H,2,12-17H2,1H3,(H,23,26)/b11-10+. The third kappa shape index (κ3) is 5.17. The number of benzene rings is 2. The number of nitrogens with one attached hydrogen (secondary N) is 1. The largest absolute Gasteiger partial charge is 0.355 e. The average molecular weight is 365 g/mol. The fourth-order valence-corrected chi connectivity index (χ4v) is 3.31. The van der Waals surface area contributed by atoms with E-state index >= 15 is 0 Å². The fraction of sp³-hybridized carbons (Fsp3) is 0.364. The Morgan fingerprint density at radius 3 is 2.56 bits per heavy atom. The number of hydrogen-bond donors (Lipinski definition) is 1. The van der Waals surface area contributed by atoms with Crippen LogP contribution in [-0.2, 0) is 9.59 Å². The molecule has 0 radical (unpaired) electrons. The van der Waals surface area contributed by atoms with Crippen LogP contribution in [0.5, 0.6) is 0 Å². The van der Waals surface area contributed by atoms with Gasteiger partial charge in [0.1, 0.15) is 0 Å². The number of rotatable bonds is 6. The van der Waals surface area contributed by atoms with Crippen molar-refractivity contribution in [3.05, 3.63) is 54.1 Å². The van der Waals surface area contributed by atoms with Crippen molar-refractivity contribution >= 4 is 28.7 Å². The normalized spacial score (nSPS) is 15.4. The number of carbonyl (C=O) groups is 2. The highest BCUT2D eigenvalue weighted by molar-refractivity contribution is 5.96. The summed E-state index contributed by atoms with van der Waals surface area (Å²) in [5.41, 5.74) is 1.05. The molecule has 0 aliphatic carbocycles. The molecule has 0 atom stereocenters. The molecule has 1 fully saturated rings. The molecule has 0 bridgehead atoms. The van der Waals surface area contributed by atoms with Crippen LogP contribution < -0.4 is 5.32 Å². The summed E-state index contributed by atoms with van der Waals surface area (Å²) in [7, 11) is 0. The first-order valence-corrected chi connectivity index (χ1v) is 9.61. The maximum Gasteiger partial charge on any atom is 0.246 e. The van der Waals surface area contributed by atoms with Crippen LogP contribution in [0.1, 0.15) is 18.9 Å². The van der Waals surface area contributed by atoms with E-state index in [-0.39, 0.29) is 11.8 Å². The van der Waals surface area contributed by atoms with Gasteiger partial charge in [-0.15, -0.1) is 0 Å². The Hall–Kier alpha value is -2.66. The average Bonchev–Trinajstić information content (AvgIpc) is 2.71. The van der Waals surface area contributed by atoms with Crippen molar-refractivity contribution in [1.82, 2.24) is 15.1 Å². The molecule has 0 saturated carbocycles. The number of nitrogens with zero attached hydrogens (tertiary/aromatic N) is 2. The van der Waals surface area contributed by atoms with E-state index in [1.807, 2.05) is 42.2 Å². The maximum absolute atomic E-state index is 12.5. The van der Waals surface area contributed by atoms with Gasteiger partial charge in [-0.1, -0.05) is 49.4 Å². The molecule has 2 aromatic carbocycles. The molecule has 0 aromatic heterocycles. The van der Waals surface area contributed by atoms with Gasteiger partial charge >= 0.3 is 0 Å². The van der Waals surface area contributed by atoms with Gasteiger partial charge in [0.25, 0.3) is 0 Å². The third-order valence-electron chi connectivity index (χ3n) is 4.85. The highest BCUT2D eigenvalue weighted by Gasteiger charge is 2.21. The zero-order chi connectivity index (χ0) is 19.1. The molecule has 1 aliphatic heterocycles. The summed E-state index contributed by atoms with van der Waals surface area (Å²) in [6, 6.07) is 14.3. The van der Waals surface area contributed by atoms with Crippen LogP contribution in [0.3, 0.4) is 0 Å². The van der Waals surface area contributed by atoms with Crippen molar-refractivity contribution in [2.24, 2.45) is 0 Å². The Labute approximate surface area is 160 Å². The highest BCUT2D eigenvalue weighted by atomic mass is 16.2. The lowest BCUT2D eigenvalue weighted by molar-refractivity contribution is -0.128. The second kappa shape index (κ2) is 9.33. The summed E-state index contributed by atoms with van der Waals surface area (Å²) < 4.78 is 0. The molecule has 1 heterocycles. The van der Waals surface area contributed by atoms with Gasteiger partial charge in [-0.2, -0.15) is 0 Å². The van der Waals surface area contributed by atoms with Gasteiger partial charge in [0, 0.05) is 38.8 Å². The summed E-state index contributed by atoms with van der Waals surface area (Å²) in [5, 5.41) is 5.21. The predicted octanol–water partition coefficient (Wildman–Crippen LogP) is 2.52. The molecule has 3 rings (SSSR count). The first kappa shape index (κ1) is 19.1. The zero-order valence-corrected chi connectivity index (χ0v) is 15.9. The molecular weight excluding hydrogens is 338 g/mol. The van der Waals surface area contributed by atoms with Crippen molar-refractivity contribution in [1.29, 1.82) is 0 Å². The van der Waals surface area contributed by atoms with E-state index < -0.39 is 0 Å². The van der Waals surface area contributed by atoms with Crippen molar-refractivity contribution < 1.29 is 9.59 Å². The van der Waals surface area contributed by atoms with Gasteiger partial charge in [0.2, 0.25) is 11.8 Å². The van der Waals surface area contributed by atoms with Crippen LogP contribution in [0, 0.1) is 0 Å². The molecule has 5 heteroatoms. The minimum Gasteiger partial charge on any atom is -0.355 e. The smallest absolute Gasteiger partial charge is 0.246 e. The van der Waals surface area contributed by atoms with Crippen LogP contribution in [0.15, 0.2) is 48.5 Å². The molecule has 1 saturated heterocycles. The lowest BCUT2D eigenvalue weighted by atomic mass is 10.0. The van der Waals surface area contributed by atoms with Gasteiger partial charge in [0.15, 0.2) is 0 Å². The van der Waals surface area contributed by atoms with E-state index in [1.165, 1.54) is 5.39 Å². The molecule has 0 spiro atoms. The van der Waals surface area contributed by atoms with Crippen LogP contribution in [0.4, 0.5) is 0 Å². The highest BCUT2D eigenvalue weighted by Crippen LogP contribution is 2.19. The van der Waals surface area contributed by atoms with Gasteiger partial charge in [-0.05, 0) is 28.8 Å². The second-order valence-electron chi connectivity index (χ2n) is 6.85. The summed E-state index contributed by atoms with van der Waals surface area (Å²) in [4.78, 5) is 28.3. The molecule has 1 aliphatic rings. The first-order valence-electron chi connectivity index (χ1n) is 9.61. The van der Waals surface area contributed by atoms with Crippen molar-refractivity contribution in [3.63, 3.8) is 0 Å². The van der Waals surface area contributed by atoms with Crippen molar-refractivity contribution in [2.75, 3.05) is 39.3 Å². The number of carbonyl (C=O) groups excluding carboxylic acids is 2. The Bertz CT molecular complexity index is 818. The summed E-state index contributed by atoms with van der Waals surface area (Å²) in [6.45, 7) is 5.93. The van der Waals surface area contributed by atoms with Crippen LogP contribution in [-0.4, -0.2) is 60.9 Å². The third-order valence-corrected chi connectivity index (χ3v) is 4.85. The monoisotopic (exact) mass is 365 g/mol. The van der Waals surface area contributed by atoms with E-state index in [9.17, 15) is 9.59 Å². The molecule has 0 unspecified atom stereocenters. The van der Waals surface area contributed by atoms with E-state index in [2.05, 4.69) is 28.4 Å². The van der Waals surface area contributed by atoms with E-state index in [1.54, 1.807) is 6.08 Å². The molecule has 27 heavy (non-hydrogen) atoms. The minimum absolute atomic E-state index is 0.0259.